The second-order valence-corrected chi connectivity index (χ2v) is 2.62. The molecule has 0 aliphatic carbocycles. The smallest absolute Gasteiger partial charge is 0.0884 e. The van der Waals surface area contributed by atoms with Crippen LogP contribution in [-0.4, -0.2) is 12.1 Å². The van der Waals surface area contributed by atoms with Crippen LogP contribution in [-0.2, 0) is 11.3 Å². The van der Waals surface area contributed by atoms with Crippen LogP contribution in [0.15, 0.2) is 25.3 Å². The lowest BCUT2D eigenvalue weighted by molar-refractivity contribution is 0.181. The summed E-state index contributed by atoms with van der Waals surface area (Å²) in [5, 5.41) is 0. The van der Waals surface area contributed by atoms with Gasteiger partial charge in [0.1, 0.15) is 0 Å². The average molecular weight is 175 g/mol. The van der Waals surface area contributed by atoms with Crippen molar-refractivity contribution in [3.8, 4) is 0 Å². The van der Waals surface area contributed by atoms with Gasteiger partial charge < -0.3 is 4.74 Å². The minimum Gasteiger partial charge on any atom is -0.378 e. The molecule has 1 aromatic rings. The number of ether oxygens (including phenoxy) is 1. The normalized spacial score (nSPS) is 9.62. The Bertz CT molecular complexity index is 318. The van der Waals surface area contributed by atoms with Crippen molar-refractivity contribution in [3.63, 3.8) is 0 Å². The van der Waals surface area contributed by atoms with Crippen molar-refractivity contribution < 1.29 is 4.74 Å². The maximum Gasteiger partial charge on any atom is 0.0884 e. The molecular formula is C11H13NO. The molecule has 0 unspecified atom stereocenters. The summed E-state index contributed by atoms with van der Waals surface area (Å²) in [6.45, 7) is 7.91. The first-order valence-corrected chi connectivity index (χ1v) is 4.05. The molecule has 0 spiro atoms. The van der Waals surface area contributed by atoms with Crippen LogP contribution in [0, 0.1) is 0 Å². The van der Waals surface area contributed by atoms with Gasteiger partial charge in [-0.05, 0) is 17.7 Å². The number of nitrogens with zero attached hydrogens (tertiary/aromatic N) is 1. The van der Waals surface area contributed by atoms with Crippen LogP contribution in [0.1, 0.15) is 17.0 Å². The van der Waals surface area contributed by atoms with E-state index in [9.17, 15) is 0 Å². The number of methoxy groups -OCH3 is 1. The first kappa shape index (κ1) is 9.68. The molecule has 13 heavy (non-hydrogen) atoms. The van der Waals surface area contributed by atoms with Crippen molar-refractivity contribution in [2.24, 2.45) is 0 Å². The van der Waals surface area contributed by atoms with Crippen LogP contribution in [0.3, 0.4) is 0 Å². The van der Waals surface area contributed by atoms with E-state index in [1.165, 1.54) is 0 Å². The molecule has 0 radical (unpaired) electrons. The van der Waals surface area contributed by atoms with Crippen LogP contribution >= 0.6 is 0 Å². The Morgan fingerprint density at radius 3 is 2.69 bits per heavy atom. The minimum atomic E-state index is 0.526. The van der Waals surface area contributed by atoms with Gasteiger partial charge in [-0.25, -0.2) is 0 Å². The number of hydrogen-bond donors (Lipinski definition) is 0. The Hall–Kier alpha value is -1.41. The molecule has 0 fully saturated rings. The third kappa shape index (κ3) is 2.26. The minimum absolute atomic E-state index is 0.526. The Morgan fingerprint density at radius 1 is 1.38 bits per heavy atom. The Morgan fingerprint density at radius 2 is 2.15 bits per heavy atom. The lowest BCUT2D eigenvalue weighted by Gasteiger charge is -2.03. The second-order valence-electron chi connectivity index (χ2n) is 2.62. The van der Waals surface area contributed by atoms with E-state index in [4.69, 9.17) is 4.74 Å². The average Bonchev–Trinajstić information content (AvgIpc) is 2.18. The molecule has 2 heteroatoms. The summed E-state index contributed by atoms with van der Waals surface area (Å²) >= 11 is 0. The zero-order valence-electron chi connectivity index (χ0n) is 7.79. The molecular weight excluding hydrogens is 162 g/mol. The van der Waals surface area contributed by atoms with Gasteiger partial charge >= 0.3 is 0 Å². The third-order valence-corrected chi connectivity index (χ3v) is 1.72. The molecule has 0 atom stereocenters. The van der Waals surface area contributed by atoms with E-state index in [0.717, 1.165) is 17.0 Å². The Kier molecular flexibility index (Phi) is 3.41. The summed E-state index contributed by atoms with van der Waals surface area (Å²) < 4.78 is 4.98. The largest absolute Gasteiger partial charge is 0.378 e. The van der Waals surface area contributed by atoms with E-state index in [2.05, 4.69) is 18.1 Å². The molecule has 1 heterocycles. The number of pyridine rings is 1. The standard InChI is InChI=1S/C11H13NO/c1-4-9-6-7-10(8-13-3)12-11(9)5-2/h4-7H,1-2,8H2,3H3. The molecule has 68 valence electrons. The van der Waals surface area contributed by atoms with Gasteiger partial charge in [0.15, 0.2) is 0 Å². The molecule has 0 aromatic carbocycles. The lowest BCUT2D eigenvalue weighted by atomic mass is 10.1. The third-order valence-electron chi connectivity index (χ3n) is 1.72. The van der Waals surface area contributed by atoms with Crippen molar-refractivity contribution in [1.82, 2.24) is 4.98 Å². The van der Waals surface area contributed by atoms with Crippen LogP contribution in [0.25, 0.3) is 12.2 Å². The van der Waals surface area contributed by atoms with Gasteiger partial charge in [-0.3, -0.25) is 4.98 Å². The molecule has 0 saturated heterocycles. The molecule has 0 aliphatic rings. The van der Waals surface area contributed by atoms with Crippen LogP contribution in [0.2, 0.25) is 0 Å². The summed E-state index contributed by atoms with van der Waals surface area (Å²) in [7, 11) is 1.65. The predicted octanol–water partition coefficient (Wildman–Crippen LogP) is 2.51. The van der Waals surface area contributed by atoms with Crippen LogP contribution < -0.4 is 0 Å². The summed E-state index contributed by atoms with van der Waals surface area (Å²) in [5.74, 6) is 0. The summed E-state index contributed by atoms with van der Waals surface area (Å²) in [6.07, 6.45) is 3.48. The summed E-state index contributed by atoms with van der Waals surface area (Å²) in [5.41, 5.74) is 2.75. The van der Waals surface area contributed by atoms with Crippen molar-refractivity contribution in [2.45, 2.75) is 6.61 Å². The maximum atomic E-state index is 4.98. The number of rotatable bonds is 4. The van der Waals surface area contributed by atoms with Crippen LogP contribution in [0.4, 0.5) is 0 Å². The molecule has 0 bridgehead atoms. The highest BCUT2D eigenvalue weighted by molar-refractivity contribution is 5.60. The number of hydrogen-bond acceptors (Lipinski definition) is 2. The zero-order chi connectivity index (χ0) is 9.68. The highest BCUT2D eigenvalue weighted by atomic mass is 16.5. The summed E-state index contributed by atoms with van der Waals surface area (Å²) in [6, 6.07) is 3.89. The Labute approximate surface area is 78.6 Å². The van der Waals surface area contributed by atoms with Crippen molar-refractivity contribution in [2.75, 3.05) is 7.11 Å². The topological polar surface area (TPSA) is 22.1 Å². The predicted molar refractivity (Wildman–Crippen MR) is 55.1 cm³/mol. The molecule has 1 rings (SSSR count). The van der Waals surface area contributed by atoms with Crippen molar-refractivity contribution in [1.29, 1.82) is 0 Å². The zero-order valence-corrected chi connectivity index (χ0v) is 7.79. The fraction of sp³-hybridized carbons (Fsp3) is 0.182. The van der Waals surface area contributed by atoms with Crippen LogP contribution in [0.5, 0.6) is 0 Å². The van der Waals surface area contributed by atoms with E-state index in [1.54, 1.807) is 19.3 Å². The maximum absolute atomic E-state index is 4.98. The van der Waals surface area contributed by atoms with Crippen molar-refractivity contribution >= 4 is 12.2 Å². The van der Waals surface area contributed by atoms with E-state index in [-0.39, 0.29) is 0 Å². The van der Waals surface area contributed by atoms with Gasteiger partial charge in [-0.2, -0.15) is 0 Å². The monoisotopic (exact) mass is 175 g/mol. The SMILES string of the molecule is C=Cc1ccc(COC)nc1C=C. The quantitative estimate of drug-likeness (QED) is 0.701. The fourth-order valence-corrected chi connectivity index (χ4v) is 1.09. The summed E-state index contributed by atoms with van der Waals surface area (Å²) in [4.78, 5) is 4.34. The first-order chi connectivity index (χ1) is 6.31. The van der Waals surface area contributed by atoms with E-state index >= 15 is 0 Å². The molecule has 2 nitrogen and oxygen atoms in total. The van der Waals surface area contributed by atoms with E-state index in [0.29, 0.717) is 6.61 Å². The number of aromatic nitrogens is 1. The van der Waals surface area contributed by atoms with E-state index in [1.807, 2.05) is 12.1 Å². The molecule has 0 N–H and O–H groups in total. The molecule has 1 aromatic heterocycles. The van der Waals surface area contributed by atoms with Gasteiger partial charge in [0.2, 0.25) is 0 Å². The van der Waals surface area contributed by atoms with Crippen molar-refractivity contribution in [3.05, 3.63) is 42.2 Å². The van der Waals surface area contributed by atoms with Gasteiger partial charge in [0, 0.05) is 7.11 Å². The molecule has 0 aliphatic heterocycles. The van der Waals surface area contributed by atoms with Gasteiger partial charge in [-0.15, -0.1) is 0 Å². The fourth-order valence-electron chi connectivity index (χ4n) is 1.09. The van der Waals surface area contributed by atoms with Gasteiger partial charge in [-0.1, -0.05) is 25.3 Å². The first-order valence-electron chi connectivity index (χ1n) is 4.05. The second kappa shape index (κ2) is 4.58. The van der Waals surface area contributed by atoms with Gasteiger partial charge in [0.25, 0.3) is 0 Å². The Balaban J connectivity index is 3.05. The molecule has 0 amide bonds. The lowest BCUT2D eigenvalue weighted by Crippen LogP contribution is -1.95. The molecule has 0 saturated carbocycles. The van der Waals surface area contributed by atoms with E-state index < -0.39 is 0 Å². The highest BCUT2D eigenvalue weighted by Crippen LogP contribution is 2.10. The highest BCUT2D eigenvalue weighted by Gasteiger charge is 1.99. The van der Waals surface area contributed by atoms with Gasteiger partial charge in [0.05, 0.1) is 18.0 Å².